The summed E-state index contributed by atoms with van der Waals surface area (Å²) in [6.45, 7) is 7.36. The third-order valence-electron chi connectivity index (χ3n) is 1.79. The quantitative estimate of drug-likeness (QED) is 0.849. The monoisotopic (exact) mass is 300 g/mol. The number of carbonyl (C=O) groups is 1. The van der Waals surface area contributed by atoms with Crippen LogP contribution in [0.5, 0.6) is 0 Å². The molecule has 17 heavy (non-hydrogen) atoms. The first kappa shape index (κ1) is 14.0. The molecule has 0 aliphatic carbocycles. The van der Waals surface area contributed by atoms with Crippen LogP contribution in [0.3, 0.4) is 0 Å². The second-order valence-electron chi connectivity index (χ2n) is 4.75. The standard InChI is InChI=1S/C12H17BrN2O2/c1-8-5-9(6-10(7-13)14-8)15-11(16)17-12(2,3)4/h5-6H,7H2,1-4H3,(H,14,15,16). The number of aromatic nitrogens is 1. The Labute approximate surface area is 110 Å². The van der Waals surface area contributed by atoms with Gasteiger partial charge in [0.05, 0.1) is 5.69 Å². The number of nitrogens with zero attached hydrogens (tertiary/aromatic N) is 1. The lowest BCUT2D eigenvalue weighted by Crippen LogP contribution is -2.27. The molecule has 94 valence electrons. The number of halogens is 1. The zero-order valence-corrected chi connectivity index (χ0v) is 12.1. The lowest BCUT2D eigenvalue weighted by Gasteiger charge is -2.19. The number of pyridine rings is 1. The van der Waals surface area contributed by atoms with Crippen LogP contribution in [0, 0.1) is 6.92 Å². The zero-order chi connectivity index (χ0) is 13.1. The van der Waals surface area contributed by atoms with Gasteiger partial charge in [0, 0.05) is 16.7 Å². The van der Waals surface area contributed by atoms with Crippen molar-refractivity contribution in [2.24, 2.45) is 0 Å². The average molecular weight is 301 g/mol. The van der Waals surface area contributed by atoms with E-state index in [1.165, 1.54) is 0 Å². The first-order chi connectivity index (χ1) is 7.80. The van der Waals surface area contributed by atoms with Crippen molar-refractivity contribution in [1.82, 2.24) is 4.98 Å². The Hall–Kier alpha value is -1.10. The summed E-state index contributed by atoms with van der Waals surface area (Å²) in [6.07, 6.45) is -0.455. The number of carbonyl (C=O) groups excluding carboxylic acids is 1. The van der Waals surface area contributed by atoms with Gasteiger partial charge in [-0.3, -0.25) is 10.3 Å². The van der Waals surface area contributed by atoms with Crippen LogP contribution in [-0.2, 0) is 10.1 Å². The van der Waals surface area contributed by atoms with Gasteiger partial charge in [0.2, 0.25) is 0 Å². The molecule has 0 saturated carbocycles. The van der Waals surface area contributed by atoms with E-state index in [2.05, 4.69) is 26.2 Å². The first-order valence-corrected chi connectivity index (χ1v) is 6.46. The summed E-state index contributed by atoms with van der Waals surface area (Å²) in [4.78, 5) is 15.9. The van der Waals surface area contributed by atoms with Crippen LogP contribution in [0.15, 0.2) is 12.1 Å². The van der Waals surface area contributed by atoms with Crippen molar-refractivity contribution in [3.05, 3.63) is 23.5 Å². The molecule has 4 nitrogen and oxygen atoms in total. The summed E-state index contributed by atoms with van der Waals surface area (Å²) in [6, 6.07) is 3.61. The van der Waals surface area contributed by atoms with Crippen LogP contribution in [-0.4, -0.2) is 16.7 Å². The maximum absolute atomic E-state index is 11.6. The molecule has 0 atom stereocenters. The molecule has 0 saturated heterocycles. The second-order valence-corrected chi connectivity index (χ2v) is 5.31. The number of hydrogen-bond acceptors (Lipinski definition) is 3. The van der Waals surface area contributed by atoms with Gasteiger partial charge in [0.25, 0.3) is 0 Å². The Bertz CT molecular complexity index is 413. The van der Waals surface area contributed by atoms with Gasteiger partial charge >= 0.3 is 6.09 Å². The highest BCUT2D eigenvalue weighted by molar-refractivity contribution is 9.08. The predicted octanol–water partition coefficient (Wildman–Crippen LogP) is 3.63. The SMILES string of the molecule is Cc1cc(NC(=O)OC(C)(C)C)cc(CBr)n1. The highest BCUT2D eigenvalue weighted by atomic mass is 79.9. The molecule has 1 N–H and O–H groups in total. The summed E-state index contributed by atoms with van der Waals surface area (Å²) in [5, 5.41) is 3.34. The number of amides is 1. The van der Waals surface area contributed by atoms with Crippen LogP contribution in [0.1, 0.15) is 32.2 Å². The van der Waals surface area contributed by atoms with Gasteiger partial charge in [0.15, 0.2) is 0 Å². The molecule has 0 aliphatic rings. The summed E-state index contributed by atoms with van der Waals surface area (Å²) in [5.41, 5.74) is 1.93. The molecule has 0 radical (unpaired) electrons. The van der Waals surface area contributed by atoms with E-state index in [0.29, 0.717) is 11.0 Å². The first-order valence-electron chi connectivity index (χ1n) is 5.34. The highest BCUT2D eigenvalue weighted by Gasteiger charge is 2.16. The van der Waals surface area contributed by atoms with Gasteiger partial charge in [0.1, 0.15) is 5.60 Å². The fourth-order valence-corrected chi connectivity index (χ4v) is 1.59. The topological polar surface area (TPSA) is 51.2 Å². The third-order valence-corrected chi connectivity index (χ3v) is 2.36. The van der Waals surface area contributed by atoms with Crippen molar-refractivity contribution >= 4 is 27.7 Å². The van der Waals surface area contributed by atoms with E-state index < -0.39 is 11.7 Å². The van der Waals surface area contributed by atoms with Gasteiger partial charge in [-0.1, -0.05) is 15.9 Å². The van der Waals surface area contributed by atoms with Crippen LogP contribution in [0.2, 0.25) is 0 Å². The molecule has 1 aromatic heterocycles. The maximum atomic E-state index is 11.6. The summed E-state index contributed by atoms with van der Waals surface area (Å²) in [5.74, 6) is 0. The summed E-state index contributed by atoms with van der Waals surface area (Å²) in [7, 11) is 0. The predicted molar refractivity (Wildman–Crippen MR) is 71.5 cm³/mol. The number of alkyl halides is 1. The van der Waals surface area contributed by atoms with Crippen molar-refractivity contribution in [2.45, 2.75) is 38.6 Å². The third kappa shape index (κ3) is 5.17. The van der Waals surface area contributed by atoms with E-state index in [-0.39, 0.29) is 0 Å². The molecule has 0 fully saturated rings. The summed E-state index contributed by atoms with van der Waals surface area (Å²) >= 11 is 3.33. The normalized spacial score (nSPS) is 11.1. The number of nitrogens with one attached hydrogen (secondary N) is 1. The van der Waals surface area contributed by atoms with Crippen LogP contribution >= 0.6 is 15.9 Å². The van der Waals surface area contributed by atoms with Gasteiger partial charge in [-0.15, -0.1) is 0 Å². The maximum Gasteiger partial charge on any atom is 0.412 e. The molecule has 5 heteroatoms. The fourth-order valence-electron chi connectivity index (χ4n) is 1.30. The lowest BCUT2D eigenvalue weighted by atomic mass is 10.2. The highest BCUT2D eigenvalue weighted by Crippen LogP contribution is 2.15. The van der Waals surface area contributed by atoms with E-state index in [4.69, 9.17) is 4.74 Å². The number of anilines is 1. The van der Waals surface area contributed by atoms with Crippen LogP contribution < -0.4 is 5.32 Å². The van der Waals surface area contributed by atoms with E-state index in [1.807, 2.05) is 33.8 Å². The molecule has 0 unspecified atom stereocenters. The van der Waals surface area contributed by atoms with Crippen molar-refractivity contribution in [2.75, 3.05) is 5.32 Å². The Balaban J connectivity index is 2.74. The molecule has 0 aromatic carbocycles. The van der Waals surface area contributed by atoms with E-state index in [9.17, 15) is 4.79 Å². The Kier molecular flexibility index (Phi) is 4.51. The molecule has 1 heterocycles. The zero-order valence-electron chi connectivity index (χ0n) is 10.5. The van der Waals surface area contributed by atoms with Crippen molar-refractivity contribution in [1.29, 1.82) is 0 Å². The van der Waals surface area contributed by atoms with E-state index in [1.54, 1.807) is 6.07 Å². The van der Waals surface area contributed by atoms with Gasteiger partial charge in [-0.05, 0) is 39.8 Å². The second kappa shape index (κ2) is 5.49. The average Bonchev–Trinajstić information content (AvgIpc) is 2.13. The van der Waals surface area contributed by atoms with Crippen molar-refractivity contribution < 1.29 is 9.53 Å². The molecule has 0 aliphatic heterocycles. The molecule has 1 amide bonds. The van der Waals surface area contributed by atoms with E-state index >= 15 is 0 Å². The van der Waals surface area contributed by atoms with Crippen molar-refractivity contribution in [3.63, 3.8) is 0 Å². The molecule has 0 spiro atoms. The summed E-state index contributed by atoms with van der Waals surface area (Å²) < 4.78 is 5.17. The number of aryl methyl sites for hydroxylation is 1. The minimum absolute atomic E-state index is 0.455. The minimum Gasteiger partial charge on any atom is -0.444 e. The Morgan fingerprint density at radius 1 is 1.47 bits per heavy atom. The lowest BCUT2D eigenvalue weighted by molar-refractivity contribution is 0.0636. The Morgan fingerprint density at radius 2 is 2.12 bits per heavy atom. The Morgan fingerprint density at radius 3 is 2.65 bits per heavy atom. The molecule has 1 rings (SSSR count). The largest absolute Gasteiger partial charge is 0.444 e. The van der Waals surface area contributed by atoms with Crippen LogP contribution in [0.4, 0.5) is 10.5 Å². The molecular formula is C12H17BrN2O2. The van der Waals surface area contributed by atoms with Crippen LogP contribution in [0.25, 0.3) is 0 Å². The molecular weight excluding hydrogens is 284 g/mol. The molecule has 0 bridgehead atoms. The van der Waals surface area contributed by atoms with E-state index in [0.717, 1.165) is 11.4 Å². The minimum atomic E-state index is -0.496. The fraction of sp³-hybridized carbons (Fsp3) is 0.500. The van der Waals surface area contributed by atoms with Gasteiger partial charge in [-0.25, -0.2) is 4.79 Å². The molecule has 1 aromatic rings. The number of hydrogen-bond donors (Lipinski definition) is 1. The number of ether oxygens (including phenoxy) is 1. The smallest absolute Gasteiger partial charge is 0.412 e. The van der Waals surface area contributed by atoms with Gasteiger partial charge in [-0.2, -0.15) is 0 Å². The van der Waals surface area contributed by atoms with Crippen molar-refractivity contribution in [3.8, 4) is 0 Å². The number of rotatable bonds is 2. The van der Waals surface area contributed by atoms with Gasteiger partial charge < -0.3 is 4.74 Å².